The zero-order valence-corrected chi connectivity index (χ0v) is 15.9. The van der Waals surface area contributed by atoms with Crippen LogP contribution in [0.1, 0.15) is 33.3 Å². The zero-order chi connectivity index (χ0) is 18.5. The third-order valence-electron chi connectivity index (χ3n) is 5.43. The minimum absolute atomic E-state index is 0.335. The lowest BCUT2D eigenvalue weighted by Crippen LogP contribution is -2.41. The molecule has 0 atom stereocenters. The second-order valence-electron chi connectivity index (χ2n) is 7.96. The van der Waals surface area contributed by atoms with Gasteiger partial charge in [-0.25, -0.2) is 4.98 Å². The third-order valence-corrected chi connectivity index (χ3v) is 5.43. The van der Waals surface area contributed by atoms with Crippen molar-refractivity contribution in [1.29, 1.82) is 0 Å². The van der Waals surface area contributed by atoms with Crippen molar-refractivity contribution in [2.24, 2.45) is 0 Å². The Balaban J connectivity index is 1.62. The summed E-state index contributed by atoms with van der Waals surface area (Å²) < 4.78 is 12.2. The molecular formula is C21H23BN2O2. The van der Waals surface area contributed by atoms with Crippen molar-refractivity contribution < 1.29 is 9.31 Å². The molecule has 1 aliphatic rings. The molecule has 3 aromatic rings. The van der Waals surface area contributed by atoms with Crippen molar-refractivity contribution in [2.75, 3.05) is 0 Å². The highest BCUT2D eigenvalue weighted by Crippen LogP contribution is 2.36. The molecule has 0 unspecified atom stereocenters. The van der Waals surface area contributed by atoms with E-state index in [1.54, 1.807) is 0 Å². The van der Waals surface area contributed by atoms with Crippen LogP contribution in [0.3, 0.4) is 0 Å². The molecule has 2 heterocycles. The smallest absolute Gasteiger partial charge is 0.399 e. The summed E-state index contributed by atoms with van der Waals surface area (Å²) in [4.78, 5) is 9.28. The molecular weight excluding hydrogens is 323 g/mol. The maximum atomic E-state index is 6.12. The first kappa shape index (κ1) is 17.2. The van der Waals surface area contributed by atoms with Crippen molar-refractivity contribution in [3.05, 3.63) is 54.2 Å². The fourth-order valence-corrected chi connectivity index (χ4v) is 3.05. The van der Waals surface area contributed by atoms with Crippen molar-refractivity contribution in [3.63, 3.8) is 0 Å². The number of fused-ring (bicyclic) bond motifs is 1. The first-order valence-electron chi connectivity index (χ1n) is 8.95. The van der Waals surface area contributed by atoms with E-state index in [-0.39, 0.29) is 18.3 Å². The van der Waals surface area contributed by atoms with Crippen LogP contribution in [-0.4, -0.2) is 28.3 Å². The molecule has 1 aromatic heterocycles. The Kier molecular flexibility index (Phi) is 3.90. The highest BCUT2D eigenvalue weighted by Gasteiger charge is 2.51. The molecule has 4 rings (SSSR count). The Morgan fingerprint density at radius 3 is 2.15 bits per heavy atom. The Morgan fingerprint density at radius 2 is 1.50 bits per heavy atom. The van der Waals surface area contributed by atoms with Crippen molar-refractivity contribution >= 4 is 23.6 Å². The van der Waals surface area contributed by atoms with Gasteiger partial charge >= 0.3 is 7.12 Å². The van der Waals surface area contributed by atoms with Gasteiger partial charge in [0.15, 0.2) is 0 Å². The summed E-state index contributed by atoms with van der Waals surface area (Å²) in [5, 5.41) is 0. The Labute approximate surface area is 154 Å². The van der Waals surface area contributed by atoms with Gasteiger partial charge in [-0.3, -0.25) is 4.98 Å². The molecule has 2 aromatic carbocycles. The van der Waals surface area contributed by atoms with E-state index in [0.29, 0.717) is 0 Å². The molecule has 0 spiro atoms. The summed E-state index contributed by atoms with van der Waals surface area (Å²) in [6.45, 7) is 10.3. The van der Waals surface area contributed by atoms with Crippen LogP contribution in [0.5, 0.6) is 0 Å². The van der Waals surface area contributed by atoms with Crippen LogP contribution in [0.25, 0.3) is 22.3 Å². The molecule has 4 nitrogen and oxygen atoms in total. The van der Waals surface area contributed by atoms with Crippen LogP contribution in [0.15, 0.2) is 48.7 Å². The molecule has 0 aliphatic carbocycles. The summed E-state index contributed by atoms with van der Waals surface area (Å²) in [7, 11) is -0.348. The number of aryl methyl sites for hydroxylation is 1. The van der Waals surface area contributed by atoms with Crippen LogP contribution >= 0.6 is 0 Å². The van der Waals surface area contributed by atoms with E-state index in [2.05, 4.69) is 51.7 Å². The molecule has 1 saturated heterocycles. The lowest BCUT2D eigenvalue weighted by molar-refractivity contribution is 0.00578. The van der Waals surface area contributed by atoms with E-state index < -0.39 is 0 Å². The lowest BCUT2D eigenvalue weighted by Gasteiger charge is -2.32. The maximum Gasteiger partial charge on any atom is 0.494 e. The first-order chi connectivity index (χ1) is 12.2. The van der Waals surface area contributed by atoms with Gasteiger partial charge in [0, 0.05) is 5.56 Å². The lowest BCUT2D eigenvalue weighted by atomic mass is 9.79. The molecule has 0 bridgehead atoms. The summed E-state index contributed by atoms with van der Waals surface area (Å²) in [6, 6.07) is 14.3. The Bertz CT molecular complexity index is 951. The number of hydrogen-bond acceptors (Lipinski definition) is 4. The van der Waals surface area contributed by atoms with E-state index in [0.717, 1.165) is 27.8 Å². The Hall–Kier alpha value is -2.24. The SMILES string of the molecule is Cc1ccc2ncc(-c3ccc(B4OC(C)(C)C(C)(C)O4)cc3)nc2c1. The second-order valence-corrected chi connectivity index (χ2v) is 7.96. The average Bonchev–Trinajstić information content (AvgIpc) is 2.82. The second kappa shape index (κ2) is 5.90. The molecule has 0 radical (unpaired) electrons. The van der Waals surface area contributed by atoms with E-state index in [9.17, 15) is 0 Å². The number of benzene rings is 2. The van der Waals surface area contributed by atoms with Gasteiger partial charge in [0.25, 0.3) is 0 Å². The molecule has 1 fully saturated rings. The Morgan fingerprint density at radius 1 is 0.846 bits per heavy atom. The molecule has 1 aliphatic heterocycles. The normalized spacial score (nSPS) is 18.4. The van der Waals surface area contributed by atoms with Gasteiger partial charge in [0.1, 0.15) is 0 Å². The van der Waals surface area contributed by atoms with Crippen LogP contribution in [0.2, 0.25) is 0 Å². The fourth-order valence-electron chi connectivity index (χ4n) is 3.05. The number of aromatic nitrogens is 2. The van der Waals surface area contributed by atoms with Gasteiger partial charge in [-0.15, -0.1) is 0 Å². The molecule has 0 saturated carbocycles. The summed E-state index contributed by atoms with van der Waals surface area (Å²) >= 11 is 0. The summed E-state index contributed by atoms with van der Waals surface area (Å²) in [5.41, 5.74) is 5.24. The van der Waals surface area contributed by atoms with Crippen LogP contribution in [0.4, 0.5) is 0 Å². The monoisotopic (exact) mass is 346 g/mol. The van der Waals surface area contributed by atoms with Gasteiger partial charge in [-0.1, -0.05) is 30.3 Å². The highest BCUT2D eigenvalue weighted by molar-refractivity contribution is 6.62. The van der Waals surface area contributed by atoms with E-state index >= 15 is 0 Å². The number of nitrogens with zero attached hydrogens (tertiary/aromatic N) is 2. The summed E-state index contributed by atoms with van der Waals surface area (Å²) in [6.07, 6.45) is 1.82. The first-order valence-corrected chi connectivity index (χ1v) is 8.95. The van der Waals surface area contributed by atoms with Crippen LogP contribution in [-0.2, 0) is 9.31 Å². The summed E-state index contributed by atoms with van der Waals surface area (Å²) in [5.74, 6) is 0. The predicted molar refractivity (Wildman–Crippen MR) is 105 cm³/mol. The van der Waals surface area contributed by atoms with Crippen molar-refractivity contribution in [2.45, 2.75) is 45.8 Å². The highest BCUT2D eigenvalue weighted by atomic mass is 16.7. The van der Waals surface area contributed by atoms with Crippen molar-refractivity contribution in [3.8, 4) is 11.3 Å². The van der Waals surface area contributed by atoms with Gasteiger partial charge in [0.05, 0.1) is 34.1 Å². The van der Waals surface area contributed by atoms with Gasteiger partial charge in [-0.2, -0.15) is 0 Å². The molecule has 26 heavy (non-hydrogen) atoms. The quantitative estimate of drug-likeness (QED) is 0.660. The topological polar surface area (TPSA) is 44.2 Å². The average molecular weight is 346 g/mol. The van der Waals surface area contributed by atoms with Crippen LogP contribution in [0, 0.1) is 6.92 Å². The largest absolute Gasteiger partial charge is 0.494 e. The number of rotatable bonds is 2. The van der Waals surface area contributed by atoms with Crippen molar-refractivity contribution in [1.82, 2.24) is 9.97 Å². The molecule has 0 amide bonds. The van der Waals surface area contributed by atoms with Gasteiger partial charge in [-0.05, 0) is 57.8 Å². The maximum absolute atomic E-state index is 6.12. The standard InChI is InChI=1S/C21H23BN2O2/c1-14-6-11-17-18(12-14)24-19(13-23-17)15-7-9-16(10-8-15)22-25-20(2,3)21(4,5)26-22/h6-13H,1-5H3. The molecule has 0 N–H and O–H groups in total. The molecule has 132 valence electrons. The van der Waals surface area contributed by atoms with E-state index in [1.807, 2.05) is 36.5 Å². The third kappa shape index (κ3) is 2.91. The van der Waals surface area contributed by atoms with E-state index in [4.69, 9.17) is 14.3 Å². The molecule has 5 heteroatoms. The predicted octanol–water partition coefficient (Wildman–Crippen LogP) is 3.90. The minimum atomic E-state index is -0.348. The zero-order valence-electron chi connectivity index (χ0n) is 15.9. The number of hydrogen-bond donors (Lipinski definition) is 0. The van der Waals surface area contributed by atoms with Crippen LogP contribution < -0.4 is 5.46 Å². The van der Waals surface area contributed by atoms with Gasteiger partial charge in [0.2, 0.25) is 0 Å². The minimum Gasteiger partial charge on any atom is -0.399 e. The van der Waals surface area contributed by atoms with E-state index in [1.165, 1.54) is 5.56 Å². The van der Waals surface area contributed by atoms with Gasteiger partial charge < -0.3 is 9.31 Å². The fraction of sp³-hybridized carbons (Fsp3) is 0.333.